The molecule has 0 spiro atoms. The molecule has 0 fully saturated rings. The van der Waals surface area contributed by atoms with E-state index in [0.717, 1.165) is 0 Å². The number of aromatic nitrogens is 3. The summed E-state index contributed by atoms with van der Waals surface area (Å²) < 4.78 is 14.5. The van der Waals surface area contributed by atoms with Crippen LogP contribution in [0.25, 0.3) is 5.69 Å². The Labute approximate surface area is 102 Å². The molecule has 86 valence electrons. The molecule has 0 N–H and O–H groups in total. The maximum Gasteiger partial charge on any atom is 0.186 e. The fourth-order valence-corrected chi connectivity index (χ4v) is 1.70. The predicted octanol–water partition coefficient (Wildman–Crippen LogP) is 2.49. The van der Waals surface area contributed by atoms with Crippen molar-refractivity contribution in [2.24, 2.45) is 0 Å². The summed E-state index contributed by atoms with van der Waals surface area (Å²) >= 11 is 5.70. The van der Waals surface area contributed by atoms with Gasteiger partial charge in [-0.15, -0.1) is 5.10 Å². The first kappa shape index (κ1) is 11.6. The average molecular weight is 251 g/mol. The summed E-state index contributed by atoms with van der Waals surface area (Å²) in [5.41, 5.74) is 1.53. The van der Waals surface area contributed by atoms with Crippen LogP contribution >= 0.6 is 11.6 Å². The third-order valence-electron chi connectivity index (χ3n) is 2.35. The highest BCUT2D eigenvalue weighted by Gasteiger charge is 2.13. The molecule has 1 aromatic carbocycles. The lowest BCUT2D eigenvalue weighted by molar-refractivity contribution is 0.627. The van der Waals surface area contributed by atoms with E-state index in [4.69, 9.17) is 16.9 Å². The monoisotopic (exact) mass is 250 g/mol. The van der Waals surface area contributed by atoms with E-state index in [-0.39, 0.29) is 10.7 Å². The Hall–Kier alpha value is -1.93. The molecule has 0 saturated heterocycles. The van der Waals surface area contributed by atoms with Gasteiger partial charge in [-0.25, -0.2) is 9.07 Å². The zero-order valence-corrected chi connectivity index (χ0v) is 9.74. The highest BCUT2D eigenvalue weighted by Crippen LogP contribution is 2.20. The van der Waals surface area contributed by atoms with Crippen LogP contribution in [0.2, 0.25) is 5.02 Å². The van der Waals surface area contributed by atoms with Crippen molar-refractivity contribution in [2.75, 3.05) is 0 Å². The molecule has 0 saturated carbocycles. The van der Waals surface area contributed by atoms with Crippen LogP contribution in [0.15, 0.2) is 18.2 Å². The van der Waals surface area contributed by atoms with Gasteiger partial charge < -0.3 is 0 Å². The summed E-state index contributed by atoms with van der Waals surface area (Å²) in [6.45, 7) is 1.89. The molecule has 0 aliphatic heterocycles. The first-order valence-electron chi connectivity index (χ1n) is 4.97. The molecular formula is C11H8ClFN4. The molecule has 0 unspecified atom stereocenters. The summed E-state index contributed by atoms with van der Waals surface area (Å²) in [5.74, 6) is -0.492. The Morgan fingerprint density at radius 2 is 2.29 bits per heavy atom. The van der Waals surface area contributed by atoms with Crippen LogP contribution in [0, 0.1) is 17.1 Å². The molecule has 0 aliphatic carbocycles. The van der Waals surface area contributed by atoms with E-state index in [9.17, 15) is 4.39 Å². The zero-order chi connectivity index (χ0) is 12.4. The maximum atomic E-state index is 13.0. The van der Waals surface area contributed by atoms with Gasteiger partial charge in [0.2, 0.25) is 0 Å². The summed E-state index contributed by atoms with van der Waals surface area (Å²) in [6.07, 6.45) is 0.602. The molecule has 1 aromatic heterocycles. The van der Waals surface area contributed by atoms with Gasteiger partial charge in [0.25, 0.3) is 0 Å². The minimum Gasteiger partial charge on any atom is -0.216 e. The molecule has 2 aromatic rings. The number of nitrogens with zero attached hydrogens (tertiary/aromatic N) is 4. The molecule has 0 atom stereocenters. The van der Waals surface area contributed by atoms with Gasteiger partial charge in [0.05, 0.1) is 16.4 Å². The summed E-state index contributed by atoms with van der Waals surface area (Å²) in [4.78, 5) is 0. The van der Waals surface area contributed by atoms with E-state index in [1.807, 2.05) is 13.0 Å². The second-order valence-corrected chi connectivity index (χ2v) is 3.77. The largest absolute Gasteiger partial charge is 0.216 e. The fraction of sp³-hybridized carbons (Fsp3) is 0.182. The Bertz CT molecular complexity index is 600. The topological polar surface area (TPSA) is 54.5 Å². The van der Waals surface area contributed by atoms with Crippen molar-refractivity contribution in [1.29, 1.82) is 5.26 Å². The van der Waals surface area contributed by atoms with Crippen molar-refractivity contribution in [3.05, 3.63) is 40.4 Å². The standard InChI is InChI=1S/C11H8ClFN4/c1-2-11-10(6-14)15-16-17(11)7-3-4-9(13)8(12)5-7/h3-5H,2H2,1H3. The number of hydrogen-bond donors (Lipinski definition) is 0. The minimum atomic E-state index is -0.492. The van der Waals surface area contributed by atoms with E-state index in [1.165, 1.54) is 22.9 Å². The normalized spacial score (nSPS) is 10.2. The van der Waals surface area contributed by atoms with E-state index in [0.29, 0.717) is 17.8 Å². The Kier molecular flexibility index (Phi) is 3.07. The summed E-state index contributed by atoms with van der Waals surface area (Å²) in [7, 11) is 0. The van der Waals surface area contributed by atoms with Crippen LogP contribution in [0.4, 0.5) is 4.39 Å². The number of rotatable bonds is 2. The molecule has 1 heterocycles. The number of hydrogen-bond acceptors (Lipinski definition) is 3. The van der Waals surface area contributed by atoms with Gasteiger partial charge in [-0.1, -0.05) is 23.7 Å². The Morgan fingerprint density at radius 1 is 1.53 bits per heavy atom. The first-order valence-corrected chi connectivity index (χ1v) is 5.35. The van der Waals surface area contributed by atoms with Crippen molar-refractivity contribution in [2.45, 2.75) is 13.3 Å². The van der Waals surface area contributed by atoms with E-state index in [2.05, 4.69) is 10.3 Å². The molecule has 0 amide bonds. The highest BCUT2D eigenvalue weighted by molar-refractivity contribution is 6.30. The molecule has 2 rings (SSSR count). The van der Waals surface area contributed by atoms with Crippen LogP contribution in [-0.4, -0.2) is 15.0 Å². The van der Waals surface area contributed by atoms with Crippen molar-refractivity contribution < 1.29 is 4.39 Å². The second kappa shape index (κ2) is 4.52. The highest BCUT2D eigenvalue weighted by atomic mass is 35.5. The lowest BCUT2D eigenvalue weighted by Crippen LogP contribution is -2.02. The van der Waals surface area contributed by atoms with Crippen molar-refractivity contribution in [3.63, 3.8) is 0 Å². The third kappa shape index (κ3) is 1.99. The molecule has 0 radical (unpaired) electrons. The maximum absolute atomic E-state index is 13.0. The van der Waals surface area contributed by atoms with E-state index >= 15 is 0 Å². The smallest absolute Gasteiger partial charge is 0.186 e. The molecular weight excluding hydrogens is 243 g/mol. The second-order valence-electron chi connectivity index (χ2n) is 3.36. The van der Waals surface area contributed by atoms with Crippen LogP contribution < -0.4 is 0 Å². The summed E-state index contributed by atoms with van der Waals surface area (Å²) in [5, 5.41) is 16.5. The van der Waals surface area contributed by atoms with Gasteiger partial charge in [0.1, 0.15) is 11.9 Å². The van der Waals surface area contributed by atoms with Crippen LogP contribution in [0.1, 0.15) is 18.3 Å². The van der Waals surface area contributed by atoms with Gasteiger partial charge in [0.15, 0.2) is 5.69 Å². The number of benzene rings is 1. The Morgan fingerprint density at radius 3 is 2.88 bits per heavy atom. The van der Waals surface area contributed by atoms with Gasteiger partial charge in [-0.05, 0) is 24.6 Å². The molecule has 0 bridgehead atoms. The number of nitriles is 1. The molecule has 6 heteroatoms. The minimum absolute atomic E-state index is 0.0126. The molecule has 17 heavy (non-hydrogen) atoms. The van der Waals surface area contributed by atoms with Gasteiger partial charge in [-0.3, -0.25) is 0 Å². The summed E-state index contributed by atoms with van der Waals surface area (Å²) in [6, 6.07) is 6.20. The van der Waals surface area contributed by atoms with Crippen molar-refractivity contribution in [1.82, 2.24) is 15.0 Å². The van der Waals surface area contributed by atoms with Crippen molar-refractivity contribution >= 4 is 11.6 Å². The number of halogens is 2. The van der Waals surface area contributed by atoms with Crippen LogP contribution in [-0.2, 0) is 6.42 Å². The average Bonchev–Trinajstić information content (AvgIpc) is 2.75. The fourth-order valence-electron chi connectivity index (χ4n) is 1.53. The first-order chi connectivity index (χ1) is 8.17. The predicted molar refractivity (Wildman–Crippen MR) is 60.4 cm³/mol. The SMILES string of the molecule is CCc1c(C#N)nnn1-c1ccc(F)c(Cl)c1. The van der Waals surface area contributed by atoms with E-state index < -0.39 is 5.82 Å². The molecule has 4 nitrogen and oxygen atoms in total. The zero-order valence-electron chi connectivity index (χ0n) is 8.98. The van der Waals surface area contributed by atoms with Gasteiger partial charge in [-0.2, -0.15) is 5.26 Å². The Balaban J connectivity index is 2.57. The van der Waals surface area contributed by atoms with Crippen molar-refractivity contribution in [3.8, 4) is 11.8 Å². The third-order valence-corrected chi connectivity index (χ3v) is 2.64. The molecule has 0 aliphatic rings. The van der Waals surface area contributed by atoms with Crippen LogP contribution in [0.5, 0.6) is 0 Å². The van der Waals surface area contributed by atoms with Gasteiger partial charge >= 0.3 is 0 Å². The van der Waals surface area contributed by atoms with Gasteiger partial charge in [0, 0.05) is 0 Å². The quantitative estimate of drug-likeness (QED) is 0.823. The van der Waals surface area contributed by atoms with E-state index in [1.54, 1.807) is 0 Å². The van der Waals surface area contributed by atoms with Crippen LogP contribution in [0.3, 0.4) is 0 Å². The lowest BCUT2D eigenvalue weighted by Gasteiger charge is -2.05. The lowest BCUT2D eigenvalue weighted by atomic mass is 10.2.